The zero-order chi connectivity index (χ0) is 32.6. The van der Waals surface area contributed by atoms with E-state index in [9.17, 15) is 45.6 Å². The number of rotatable bonds is 20. The van der Waals surface area contributed by atoms with Crippen LogP contribution < -0.4 is 5.32 Å². The molecule has 2 aliphatic rings. The summed E-state index contributed by atoms with van der Waals surface area (Å²) in [6.45, 7) is 2.45. The standard InChI is InChI=1S/C30H55NO13/c1-3-5-7-8-9-10-12-13-19(34)18(31-22(35)14-11-6-4-2)17-41-29-27(40)25(38)28(21(16-33)43-29)44-30-26(39)24(37)23(36)20(15-32)42-30/h12-13,18-21,23-30,32-34,36-40H,3-11,14-17H2,1-2H3,(H,31,35)/b13-12+. The van der Waals surface area contributed by atoms with Crippen LogP contribution >= 0.6 is 0 Å². The zero-order valence-electron chi connectivity index (χ0n) is 25.9. The SMILES string of the molecule is CCCCCCC/C=C/C(O)C(COC1OC(CO)C(OC2OC(CO)C(O)C(O)C2O)C(O)C1O)NC(=O)CCCCC. The molecule has 1 amide bonds. The largest absolute Gasteiger partial charge is 0.394 e. The molecule has 0 aromatic carbocycles. The molecule has 2 heterocycles. The van der Waals surface area contributed by atoms with E-state index in [1.54, 1.807) is 6.08 Å². The van der Waals surface area contributed by atoms with Crippen molar-refractivity contribution >= 4 is 5.91 Å². The Morgan fingerprint density at radius 1 is 0.795 bits per heavy atom. The van der Waals surface area contributed by atoms with E-state index in [0.29, 0.717) is 6.42 Å². The molecule has 258 valence electrons. The van der Waals surface area contributed by atoms with Gasteiger partial charge in [0.05, 0.1) is 32.0 Å². The molecule has 14 nitrogen and oxygen atoms in total. The Morgan fingerprint density at radius 2 is 1.41 bits per heavy atom. The lowest BCUT2D eigenvalue weighted by atomic mass is 9.97. The number of carbonyl (C=O) groups is 1. The van der Waals surface area contributed by atoms with Gasteiger partial charge in [-0.15, -0.1) is 0 Å². The molecule has 0 radical (unpaired) electrons. The zero-order valence-corrected chi connectivity index (χ0v) is 25.9. The first kappa shape index (κ1) is 38.9. The smallest absolute Gasteiger partial charge is 0.220 e. The van der Waals surface area contributed by atoms with Gasteiger partial charge < -0.3 is 65.1 Å². The monoisotopic (exact) mass is 637 g/mol. The van der Waals surface area contributed by atoms with Crippen LogP contribution in [0.15, 0.2) is 12.2 Å². The predicted octanol–water partition coefficient (Wildman–Crippen LogP) is -1.03. The summed E-state index contributed by atoms with van der Waals surface area (Å²) in [7, 11) is 0. The molecule has 9 N–H and O–H groups in total. The number of unbranched alkanes of at least 4 members (excludes halogenated alkanes) is 7. The summed E-state index contributed by atoms with van der Waals surface area (Å²) >= 11 is 0. The molecule has 0 aliphatic carbocycles. The molecule has 0 aromatic heterocycles. The van der Waals surface area contributed by atoms with Crippen molar-refractivity contribution in [3.63, 3.8) is 0 Å². The third-order valence-corrected chi connectivity index (χ3v) is 7.97. The van der Waals surface area contributed by atoms with Crippen LogP contribution in [0.5, 0.6) is 0 Å². The highest BCUT2D eigenvalue weighted by Gasteiger charge is 2.50. The summed E-state index contributed by atoms with van der Waals surface area (Å²) in [6.07, 6.45) is -4.40. The highest BCUT2D eigenvalue weighted by atomic mass is 16.7. The lowest BCUT2D eigenvalue weighted by molar-refractivity contribution is -0.359. The van der Waals surface area contributed by atoms with Crippen LogP contribution in [0.1, 0.15) is 78.1 Å². The van der Waals surface area contributed by atoms with E-state index in [-0.39, 0.29) is 18.9 Å². The van der Waals surface area contributed by atoms with Gasteiger partial charge in [-0.2, -0.15) is 0 Å². The van der Waals surface area contributed by atoms with Crippen LogP contribution in [-0.2, 0) is 23.7 Å². The first-order valence-corrected chi connectivity index (χ1v) is 15.9. The first-order chi connectivity index (χ1) is 21.1. The summed E-state index contributed by atoms with van der Waals surface area (Å²) in [6, 6.07) is -0.899. The number of aliphatic hydroxyl groups excluding tert-OH is 8. The van der Waals surface area contributed by atoms with Crippen molar-refractivity contribution in [3.05, 3.63) is 12.2 Å². The molecule has 0 spiro atoms. The van der Waals surface area contributed by atoms with Crippen molar-refractivity contribution < 1.29 is 64.6 Å². The minimum absolute atomic E-state index is 0.267. The van der Waals surface area contributed by atoms with Crippen molar-refractivity contribution in [3.8, 4) is 0 Å². The van der Waals surface area contributed by atoms with Gasteiger partial charge in [0.2, 0.25) is 5.91 Å². The highest BCUT2D eigenvalue weighted by molar-refractivity contribution is 5.76. The van der Waals surface area contributed by atoms with Gasteiger partial charge in [0.25, 0.3) is 0 Å². The maximum atomic E-state index is 12.6. The van der Waals surface area contributed by atoms with E-state index in [1.165, 1.54) is 6.42 Å². The number of ether oxygens (including phenoxy) is 4. The summed E-state index contributed by atoms with van der Waals surface area (Å²) in [5.41, 5.74) is 0. The summed E-state index contributed by atoms with van der Waals surface area (Å²) in [5, 5.41) is 85.0. The number of nitrogens with one attached hydrogen (secondary N) is 1. The highest BCUT2D eigenvalue weighted by Crippen LogP contribution is 2.29. The van der Waals surface area contributed by atoms with Gasteiger partial charge in [-0.3, -0.25) is 4.79 Å². The van der Waals surface area contributed by atoms with E-state index >= 15 is 0 Å². The van der Waals surface area contributed by atoms with Crippen molar-refractivity contribution in [1.82, 2.24) is 5.32 Å². The molecule has 2 fully saturated rings. The van der Waals surface area contributed by atoms with Gasteiger partial charge >= 0.3 is 0 Å². The van der Waals surface area contributed by atoms with Gasteiger partial charge in [0.1, 0.15) is 48.8 Å². The van der Waals surface area contributed by atoms with Crippen LogP contribution in [0.4, 0.5) is 0 Å². The molecule has 2 rings (SSSR count). The van der Waals surface area contributed by atoms with Crippen molar-refractivity contribution in [2.24, 2.45) is 0 Å². The predicted molar refractivity (Wildman–Crippen MR) is 157 cm³/mol. The normalized spacial score (nSPS) is 34.2. The third-order valence-electron chi connectivity index (χ3n) is 7.97. The van der Waals surface area contributed by atoms with Crippen molar-refractivity contribution in [2.75, 3.05) is 19.8 Å². The number of amides is 1. The van der Waals surface area contributed by atoms with E-state index in [2.05, 4.69) is 12.2 Å². The van der Waals surface area contributed by atoms with Gasteiger partial charge in [-0.05, 0) is 19.3 Å². The number of carbonyl (C=O) groups excluding carboxylic acids is 1. The van der Waals surface area contributed by atoms with E-state index < -0.39 is 86.8 Å². The van der Waals surface area contributed by atoms with Crippen LogP contribution in [0.3, 0.4) is 0 Å². The topological polar surface area (TPSA) is 228 Å². The quantitative estimate of drug-likeness (QED) is 0.0575. The molecule has 2 saturated heterocycles. The van der Waals surface area contributed by atoms with Gasteiger partial charge in [-0.1, -0.05) is 64.5 Å². The van der Waals surface area contributed by atoms with E-state index in [1.807, 2.05) is 13.0 Å². The fourth-order valence-corrected chi connectivity index (χ4v) is 5.17. The van der Waals surface area contributed by atoms with Crippen LogP contribution in [-0.4, -0.2) is 140 Å². The molecule has 12 unspecified atom stereocenters. The number of aliphatic hydroxyl groups is 8. The second-order valence-corrected chi connectivity index (χ2v) is 11.6. The molecular formula is C30H55NO13. The van der Waals surface area contributed by atoms with E-state index in [0.717, 1.165) is 44.9 Å². The Balaban J connectivity index is 2.04. The molecule has 0 bridgehead atoms. The lowest BCUT2D eigenvalue weighted by Crippen LogP contribution is -2.65. The van der Waals surface area contributed by atoms with Gasteiger partial charge in [0, 0.05) is 6.42 Å². The molecule has 12 atom stereocenters. The Hall–Kier alpha value is -1.27. The molecule has 0 saturated carbocycles. The fourth-order valence-electron chi connectivity index (χ4n) is 5.17. The van der Waals surface area contributed by atoms with Gasteiger partial charge in [-0.25, -0.2) is 0 Å². The Bertz CT molecular complexity index is 816. The maximum Gasteiger partial charge on any atom is 0.220 e. The van der Waals surface area contributed by atoms with Crippen molar-refractivity contribution in [1.29, 1.82) is 0 Å². The summed E-state index contributed by atoms with van der Waals surface area (Å²) < 4.78 is 22.2. The average Bonchev–Trinajstić information content (AvgIpc) is 3.01. The summed E-state index contributed by atoms with van der Waals surface area (Å²) in [5.74, 6) is -0.273. The van der Waals surface area contributed by atoms with Crippen molar-refractivity contribution in [2.45, 2.75) is 152 Å². The van der Waals surface area contributed by atoms with Crippen LogP contribution in [0.2, 0.25) is 0 Å². The Morgan fingerprint density at radius 3 is 2.07 bits per heavy atom. The molecule has 14 heteroatoms. The lowest BCUT2D eigenvalue weighted by Gasteiger charge is -2.46. The minimum Gasteiger partial charge on any atom is -0.394 e. The molecule has 2 aliphatic heterocycles. The maximum absolute atomic E-state index is 12.6. The fraction of sp³-hybridized carbons (Fsp3) is 0.900. The number of allylic oxidation sites excluding steroid dienone is 1. The first-order valence-electron chi connectivity index (χ1n) is 15.9. The molecular weight excluding hydrogens is 582 g/mol. The van der Waals surface area contributed by atoms with Crippen LogP contribution in [0, 0.1) is 0 Å². The van der Waals surface area contributed by atoms with Crippen LogP contribution in [0.25, 0.3) is 0 Å². The number of hydrogen-bond donors (Lipinski definition) is 9. The Kier molecular flexibility index (Phi) is 18.4. The summed E-state index contributed by atoms with van der Waals surface area (Å²) in [4.78, 5) is 12.6. The third kappa shape index (κ3) is 11.8. The minimum atomic E-state index is -1.78. The molecule has 0 aromatic rings. The van der Waals surface area contributed by atoms with Gasteiger partial charge in [0.15, 0.2) is 12.6 Å². The second-order valence-electron chi connectivity index (χ2n) is 11.6. The van der Waals surface area contributed by atoms with E-state index in [4.69, 9.17) is 18.9 Å². The number of hydrogen-bond acceptors (Lipinski definition) is 13. The Labute approximate surface area is 259 Å². The molecule has 44 heavy (non-hydrogen) atoms. The average molecular weight is 638 g/mol. The second kappa shape index (κ2) is 20.8.